The van der Waals surface area contributed by atoms with Crippen LogP contribution in [0.3, 0.4) is 0 Å². The number of carbonyl (C=O) groups is 1. The van der Waals surface area contributed by atoms with E-state index < -0.39 is 0 Å². The van der Waals surface area contributed by atoms with E-state index in [9.17, 15) is 4.79 Å². The molecule has 28 heavy (non-hydrogen) atoms. The molecule has 0 radical (unpaired) electrons. The maximum atomic E-state index is 12.2. The quantitative estimate of drug-likeness (QED) is 0.447. The second-order valence-corrected chi connectivity index (χ2v) is 8.01. The van der Waals surface area contributed by atoms with Crippen molar-refractivity contribution in [2.24, 2.45) is 4.99 Å². The molecule has 8 heteroatoms. The van der Waals surface area contributed by atoms with Gasteiger partial charge in [0.15, 0.2) is 5.17 Å². The number of nitrogens with one attached hydrogen (secondary N) is 1. The zero-order valence-electron chi connectivity index (χ0n) is 14.1. The molecular weight excluding hydrogens is 439 g/mol. The molecule has 0 bridgehead atoms. The molecule has 1 aliphatic rings. The fraction of sp³-hybridized carbons (Fsp3) is 0. The maximum Gasteiger partial charge on any atom is 0.264 e. The van der Waals surface area contributed by atoms with Crippen LogP contribution in [0.1, 0.15) is 5.76 Å². The minimum atomic E-state index is -0.250. The largest absolute Gasteiger partial charge is 0.457 e. The van der Waals surface area contributed by atoms with Crippen molar-refractivity contribution in [3.05, 3.63) is 80.3 Å². The first kappa shape index (κ1) is 19.2. The molecule has 0 spiro atoms. The highest BCUT2D eigenvalue weighted by molar-refractivity contribution is 8.18. The van der Waals surface area contributed by atoms with Gasteiger partial charge in [0.05, 0.1) is 25.7 Å². The Morgan fingerprint density at radius 2 is 1.79 bits per heavy atom. The molecule has 0 atom stereocenters. The lowest BCUT2D eigenvalue weighted by atomic mass is 10.2. The van der Waals surface area contributed by atoms with Crippen molar-refractivity contribution < 1.29 is 9.21 Å². The van der Waals surface area contributed by atoms with Crippen molar-refractivity contribution in [3.8, 4) is 11.3 Å². The lowest BCUT2D eigenvalue weighted by Crippen LogP contribution is -2.19. The third-order valence-electron chi connectivity index (χ3n) is 3.82. The molecule has 4 rings (SSSR count). The fourth-order valence-corrected chi connectivity index (χ4v) is 3.86. The number of benzene rings is 2. The topological polar surface area (TPSA) is 54.6 Å². The molecular formula is C20H11Cl3N2O2S. The van der Waals surface area contributed by atoms with E-state index in [-0.39, 0.29) is 5.91 Å². The molecule has 0 aliphatic carbocycles. The number of hydrogen-bond acceptors (Lipinski definition) is 4. The Balaban J connectivity index is 1.56. The Bertz CT molecular complexity index is 1140. The number of amides is 1. The van der Waals surface area contributed by atoms with Crippen molar-refractivity contribution in [1.82, 2.24) is 5.32 Å². The predicted molar refractivity (Wildman–Crippen MR) is 116 cm³/mol. The summed E-state index contributed by atoms with van der Waals surface area (Å²) in [7, 11) is 0. The van der Waals surface area contributed by atoms with Gasteiger partial charge >= 0.3 is 0 Å². The first-order chi connectivity index (χ1) is 13.5. The first-order valence-electron chi connectivity index (χ1n) is 8.09. The van der Waals surface area contributed by atoms with Crippen LogP contribution >= 0.6 is 46.6 Å². The van der Waals surface area contributed by atoms with Gasteiger partial charge in [0.25, 0.3) is 5.91 Å². The number of amidine groups is 1. The van der Waals surface area contributed by atoms with Crippen molar-refractivity contribution in [1.29, 1.82) is 0 Å². The van der Waals surface area contributed by atoms with Crippen molar-refractivity contribution in [2.45, 2.75) is 0 Å². The molecule has 1 N–H and O–H groups in total. The van der Waals surface area contributed by atoms with Crippen LogP contribution in [0.5, 0.6) is 0 Å². The van der Waals surface area contributed by atoms with Gasteiger partial charge in [-0.05, 0) is 54.2 Å². The van der Waals surface area contributed by atoms with E-state index in [0.717, 1.165) is 5.56 Å². The van der Waals surface area contributed by atoms with Gasteiger partial charge in [-0.25, -0.2) is 4.99 Å². The van der Waals surface area contributed by atoms with E-state index in [1.54, 1.807) is 36.4 Å². The molecule has 1 fully saturated rings. The van der Waals surface area contributed by atoms with Gasteiger partial charge in [-0.15, -0.1) is 0 Å². The smallest absolute Gasteiger partial charge is 0.264 e. The van der Waals surface area contributed by atoms with E-state index in [4.69, 9.17) is 39.2 Å². The van der Waals surface area contributed by atoms with Crippen LogP contribution in [0.4, 0.5) is 5.69 Å². The van der Waals surface area contributed by atoms with E-state index >= 15 is 0 Å². The highest BCUT2D eigenvalue weighted by Crippen LogP contribution is 2.33. The number of rotatable bonds is 3. The summed E-state index contributed by atoms with van der Waals surface area (Å²) in [5, 5.41) is 4.62. The van der Waals surface area contributed by atoms with Gasteiger partial charge in [0.2, 0.25) is 0 Å². The van der Waals surface area contributed by atoms with Gasteiger partial charge in [-0.2, -0.15) is 0 Å². The fourth-order valence-electron chi connectivity index (χ4n) is 2.52. The zero-order valence-corrected chi connectivity index (χ0v) is 17.2. The van der Waals surface area contributed by atoms with Crippen molar-refractivity contribution in [2.75, 3.05) is 0 Å². The molecule has 2 aromatic carbocycles. The third-order valence-corrected chi connectivity index (χ3v) is 5.80. The molecule has 1 aromatic heterocycles. The summed E-state index contributed by atoms with van der Waals surface area (Å²) in [4.78, 5) is 17.1. The van der Waals surface area contributed by atoms with Gasteiger partial charge in [0.1, 0.15) is 11.5 Å². The number of thioether (sulfide) groups is 1. The first-order valence-corrected chi connectivity index (χ1v) is 10.0. The second kappa shape index (κ2) is 8.05. The SMILES string of the molecule is O=C1NC(=Nc2ccc(Cl)c(Cl)c2)S/C1=C/c1ccc(-c2ccccc2Cl)o1. The number of furan rings is 1. The third kappa shape index (κ3) is 4.13. The molecule has 1 saturated heterocycles. The average Bonchev–Trinajstić information content (AvgIpc) is 3.26. The Morgan fingerprint density at radius 1 is 0.964 bits per heavy atom. The van der Waals surface area contributed by atoms with Gasteiger partial charge < -0.3 is 9.73 Å². The molecule has 2 heterocycles. The molecule has 140 valence electrons. The van der Waals surface area contributed by atoms with Crippen molar-refractivity contribution in [3.63, 3.8) is 0 Å². The van der Waals surface area contributed by atoms with Gasteiger partial charge in [-0.3, -0.25) is 4.79 Å². The zero-order chi connectivity index (χ0) is 19.7. The lowest BCUT2D eigenvalue weighted by Gasteiger charge is -1.99. The summed E-state index contributed by atoms with van der Waals surface area (Å²) in [5.74, 6) is 0.924. The minimum Gasteiger partial charge on any atom is -0.457 e. The molecule has 1 amide bonds. The molecule has 0 unspecified atom stereocenters. The standard InChI is InChI=1S/C20H11Cl3N2O2S/c21-14-4-2-1-3-13(14)17-8-6-12(27-17)10-18-19(26)25-20(28-18)24-11-5-7-15(22)16(23)9-11/h1-10H,(H,24,25,26)/b18-10+. The van der Waals surface area contributed by atoms with Crippen LogP contribution < -0.4 is 5.32 Å². The Labute approximate surface area is 180 Å². The Kier molecular flexibility index (Phi) is 5.51. The molecule has 0 saturated carbocycles. The summed E-state index contributed by atoms with van der Waals surface area (Å²) in [6.07, 6.45) is 1.66. The summed E-state index contributed by atoms with van der Waals surface area (Å²) < 4.78 is 5.82. The van der Waals surface area contributed by atoms with E-state index in [0.29, 0.717) is 42.3 Å². The van der Waals surface area contributed by atoms with E-state index in [2.05, 4.69) is 10.3 Å². The summed E-state index contributed by atoms with van der Waals surface area (Å²) >= 11 is 19.3. The van der Waals surface area contributed by atoms with Crippen LogP contribution in [0.2, 0.25) is 15.1 Å². The summed E-state index contributed by atoms with van der Waals surface area (Å²) in [6.45, 7) is 0. The molecule has 1 aliphatic heterocycles. The highest BCUT2D eigenvalue weighted by Gasteiger charge is 2.24. The monoisotopic (exact) mass is 448 g/mol. The normalized spacial score (nSPS) is 16.8. The second-order valence-electron chi connectivity index (χ2n) is 5.76. The maximum absolute atomic E-state index is 12.2. The van der Waals surface area contributed by atoms with Crippen LogP contribution in [0.15, 0.2) is 68.9 Å². The van der Waals surface area contributed by atoms with Crippen LogP contribution in [0.25, 0.3) is 17.4 Å². The van der Waals surface area contributed by atoms with Gasteiger partial charge in [-0.1, -0.05) is 46.9 Å². The number of carbonyl (C=O) groups excluding carboxylic acids is 1. The minimum absolute atomic E-state index is 0.250. The number of hydrogen-bond donors (Lipinski definition) is 1. The van der Waals surface area contributed by atoms with Crippen LogP contribution in [-0.2, 0) is 4.79 Å². The molecule has 4 nitrogen and oxygen atoms in total. The number of aliphatic imine (C=N–C) groups is 1. The summed E-state index contributed by atoms with van der Waals surface area (Å²) in [6, 6.07) is 16.0. The van der Waals surface area contributed by atoms with Gasteiger partial charge in [0, 0.05) is 11.6 Å². The Hall–Kier alpha value is -2.18. The highest BCUT2D eigenvalue weighted by atomic mass is 35.5. The van der Waals surface area contributed by atoms with Crippen molar-refractivity contribution >= 4 is 69.4 Å². The van der Waals surface area contributed by atoms with Crippen LogP contribution in [-0.4, -0.2) is 11.1 Å². The number of halogens is 3. The van der Waals surface area contributed by atoms with E-state index in [1.807, 2.05) is 24.3 Å². The van der Waals surface area contributed by atoms with E-state index in [1.165, 1.54) is 11.8 Å². The summed E-state index contributed by atoms with van der Waals surface area (Å²) in [5.41, 5.74) is 1.39. The number of nitrogens with zero attached hydrogens (tertiary/aromatic N) is 1. The van der Waals surface area contributed by atoms with Crippen LogP contribution in [0, 0.1) is 0 Å². The molecule has 3 aromatic rings. The Morgan fingerprint density at radius 3 is 2.57 bits per heavy atom. The average molecular weight is 450 g/mol. The lowest BCUT2D eigenvalue weighted by molar-refractivity contribution is -0.115. The predicted octanol–water partition coefficient (Wildman–Crippen LogP) is 6.80.